The average molecular weight is 299 g/mol. The molecule has 1 rings (SSSR count). The van der Waals surface area contributed by atoms with Crippen molar-refractivity contribution in [2.45, 2.75) is 18.4 Å². The number of nitrogens with zero attached hydrogens (tertiary/aromatic N) is 2. The number of hydrogen-bond donors (Lipinski definition) is 1. The van der Waals surface area contributed by atoms with Crippen LogP contribution in [-0.4, -0.2) is 50.7 Å². The number of hydrogen-bond acceptors (Lipinski definition) is 4. The van der Waals surface area contributed by atoms with Gasteiger partial charge in [0.05, 0.1) is 11.4 Å². The van der Waals surface area contributed by atoms with Crippen molar-refractivity contribution in [1.29, 1.82) is 0 Å². The third-order valence-electron chi connectivity index (χ3n) is 2.97. The molecule has 1 aromatic rings. The van der Waals surface area contributed by atoms with Gasteiger partial charge in [0.2, 0.25) is 15.9 Å². The Morgan fingerprint density at radius 2 is 1.85 bits per heavy atom. The van der Waals surface area contributed by atoms with Crippen LogP contribution in [0, 0.1) is 0 Å². The quantitative estimate of drug-likeness (QED) is 0.816. The van der Waals surface area contributed by atoms with Gasteiger partial charge in [-0.15, -0.1) is 0 Å². The lowest BCUT2D eigenvalue weighted by Crippen LogP contribution is -2.40. The molecule has 0 aromatic heterocycles. The van der Waals surface area contributed by atoms with Crippen LogP contribution < -0.4 is 5.73 Å². The highest BCUT2D eigenvalue weighted by Gasteiger charge is 2.27. The molecule has 0 bridgehead atoms. The molecule has 0 aliphatic heterocycles. The lowest BCUT2D eigenvalue weighted by Gasteiger charge is -2.23. The maximum Gasteiger partial charge on any atom is 0.243 e. The summed E-state index contributed by atoms with van der Waals surface area (Å²) < 4.78 is 26.4. The van der Waals surface area contributed by atoms with Crippen LogP contribution in [0.5, 0.6) is 0 Å². The predicted molar refractivity (Wildman–Crippen MR) is 77.5 cm³/mol. The summed E-state index contributed by atoms with van der Waals surface area (Å²) in [5.41, 5.74) is 6.12. The standard InChI is InChI=1S/C13H21N3O3S/c1-4-16(10-13(17)15(2)3)20(18,19)12-8-6-5-7-11(12)9-14/h5-8H,4,9-10,14H2,1-3H3. The lowest BCUT2D eigenvalue weighted by molar-refractivity contribution is -0.128. The van der Waals surface area contributed by atoms with Gasteiger partial charge in [-0.05, 0) is 11.6 Å². The Bertz CT molecular complexity index is 570. The zero-order valence-electron chi connectivity index (χ0n) is 12.0. The predicted octanol–water partition coefficient (Wildman–Crippen LogP) is 0.244. The molecule has 7 heteroatoms. The summed E-state index contributed by atoms with van der Waals surface area (Å²) in [5.74, 6) is -0.263. The monoisotopic (exact) mass is 299 g/mol. The highest BCUT2D eigenvalue weighted by Crippen LogP contribution is 2.19. The fraction of sp³-hybridized carbons (Fsp3) is 0.462. The van der Waals surface area contributed by atoms with E-state index in [9.17, 15) is 13.2 Å². The summed E-state index contributed by atoms with van der Waals surface area (Å²) in [7, 11) is -0.529. The summed E-state index contributed by atoms with van der Waals surface area (Å²) >= 11 is 0. The topological polar surface area (TPSA) is 83.7 Å². The van der Waals surface area contributed by atoms with Gasteiger partial charge < -0.3 is 10.6 Å². The van der Waals surface area contributed by atoms with Gasteiger partial charge in [-0.1, -0.05) is 25.1 Å². The van der Waals surface area contributed by atoms with Crippen LogP contribution in [0.2, 0.25) is 0 Å². The third kappa shape index (κ3) is 3.56. The van der Waals surface area contributed by atoms with Crippen LogP contribution in [0.25, 0.3) is 0 Å². The molecule has 0 fully saturated rings. The van der Waals surface area contributed by atoms with Gasteiger partial charge in [0.1, 0.15) is 0 Å². The summed E-state index contributed by atoms with van der Waals surface area (Å²) in [4.78, 5) is 13.3. The van der Waals surface area contributed by atoms with Gasteiger partial charge in [0.15, 0.2) is 0 Å². The molecule has 1 amide bonds. The maximum atomic E-state index is 12.6. The van der Waals surface area contributed by atoms with Gasteiger partial charge in [-0.2, -0.15) is 4.31 Å². The zero-order chi connectivity index (χ0) is 15.3. The molecule has 0 saturated heterocycles. The Balaban J connectivity index is 3.15. The second-order valence-corrected chi connectivity index (χ2v) is 6.44. The van der Waals surface area contributed by atoms with Gasteiger partial charge >= 0.3 is 0 Å². The molecule has 0 saturated carbocycles. The first-order valence-electron chi connectivity index (χ1n) is 6.32. The van der Waals surface area contributed by atoms with Crippen molar-refractivity contribution >= 4 is 15.9 Å². The molecule has 0 aliphatic carbocycles. The molecule has 0 radical (unpaired) electrons. The van der Waals surface area contributed by atoms with E-state index in [4.69, 9.17) is 5.73 Å². The van der Waals surface area contributed by atoms with Crippen molar-refractivity contribution in [2.24, 2.45) is 5.73 Å². The second kappa shape index (κ2) is 6.83. The van der Waals surface area contributed by atoms with Crippen molar-refractivity contribution in [3.05, 3.63) is 29.8 Å². The van der Waals surface area contributed by atoms with Gasteiger partial charge in [0, 0.05) is 27.2 Å². The Labute approximate surface area is 120 Å². The van der Waals surface area contributed by atoms with E-state index in [2.05, 4.69) is 0 Å². The van der Waals surface area contributed by atoms with Crippen molar-refractivity contribution < 1.29 is 13.2 Å². The van der Waals surface area contributed by atoms with Gasteiger partial charge in [0.25, 0.3) is 0 Å². The Hall–Kier alpha value is -1.44. The molecule has 20 heavy (non-hydrogen) atoms. The molecule has 0 spiro atoms. The molecule has 112 valence electrons. The minimum Gasteiger partial charge on any atom is -0.348 e. The summed E-state index contributed by atoms with van der Waals surface area (Å²) in [6, 6.07) is 6.57. The molecular weight excluding hydrogens is 278 g/mol. The number of benzene rings is 1. The lowest BCUT2D eigenvalue weighted by atomic mass is 10.2. The molecule has 0 heterocycles. The van der Waals surface area contributed by atoms with Crippen molar-refractivity contribution in [3.8, 4) is 0 Å². The Kier molecular flexibility index (Phi) is 5.67. The normalized spacial score (nSPS) is 11.7. The minimum atomic E-state index is -3.72. The minimum absolute atomic E-state index is 0.134. The van der Waals surface area contributed by atoms with Crippen LogP contribution in [0.1, 0.15) is 12.5 Å². The van der Waals surface area contributed by atoms with E-state index in [1.807, 2.05) is 0 Å². The molecule has 2 N–H and O–H groups in total. The molecular formula is C13H21N3O3S. The van der Waals surface area contributed by atoms with Crippen molar-refractivity contribution in [3.63, 3.8) is 0 Å². The van der Waals surface area contributed by atoms with E-state index < -0.39 is 10.0 Å². The van der Waals surface area contributed by atoms with E-state index in [-0.39, 0.29) is 30.4 Å². The molecule has 0 unspecified atom stereocenters. The number of rotatable bonds is 6. The third-order valence-corrected chi connectivity index (χ3v) is 4.99. The largest absolute Gasteiger partial charge is 0.348 e. The number of nitrogens with two attached hydrogens (primary N) is 1. The fourth-order valence-corrected chi connectivity index (χ4v) is 3.35. The van der Waals surface area contributed by atoms with E-state index >= 15 is 0 Å². The van der Waals surface area contributed by atoms with Crippen LogP contribution in [0.3, 0.4) is 0 Å². The molecule has 6 nitrogen and oxygen atoms in total. The molecule has 0 aliphatic rings. The molecule has 1 aromatic carbocycles. The SMILES string of the molecule is CCN(CC(=O)N(C)C)S(=O)(=O)c1ccccc1CN. The van der Waals surface area contributed by atoms with E-state index in [0.717, 1.165) is 4.31 Å². The first-order valence-corrected chi connectivity index (χ1v) is 7.76. The Morgan fingerprint density at radius 1 is 1.25 bits per heavy atom. The van der Waals surface area contributed by atoms with Crippen molar-refractivity contribution in [2.75, 3.05) is 27.2 Å². The zero-order valence-corrected chi connectivity index (χ0v) is 12.9. The number of likely N-dealkylation sites (N-methyl/N-ethyl adjacent to an activating group) is 2. The summed E-state index contributed by atoms with van der Waals surface area (Å²) in [5, 5.41) is 0. The number of carbonyl (C=O) groups excluding carboxylic acids is 1. The maximum absolute atomic E-state index is 12.6. The first kappa shape index (κ1) is 16.6. The second-order valence-electron chi connectivity index (χ2n) is 4.53. The fourth-order valence-electron chi connectivity index (χ4n) is 1.72. The number of carbonyl (C=O) groups is 1. The highest BCUT2D eigenvalue weighted by molar-refractivity contribution is 7.89. The summed E-state index contributed by atoms with van der Waals surface area (Å²) in [6.07, 6.45) is 0. The number of sulfonamides is 1. The van der Waals surface area contributed by atoms with Crippen LogP contribution >= 0.6 is 0 Å². The Morgan fingerprint density at radius 3 is 2.35 bits per heavy atom. The van der Waals surface area contributed by atoms with E-state index in [0.29, 0.717) is 5.56 Å². The van der Waals surface area contributed by atoms with E-state index in [1.165, 1.54) is 11.0 Å². The first-order chi connectivity index (χ1) is 9.34. The highest BCUT2D eigenvalue weighted by atomic mass is 32.2. The van der Waals surface area contributed by atoms with Crippen molar-refractivity contribution in [1.82, 2.24) is 9.21 Å². The van der Waals surface area contributed by atoms with Gasteiger partial charge in [-0.25, -0.2) is 8.42 Å². The van der Waals surface area contributed by atoms with Crippen LogP contribution in [-0.2, 0) is 21.4 Å². The average Bonchev–Trinajstić information content (AvgIpc) is 2.43. The molecule has 0 atom stereocenters. The number of amides is 1. The summed E-state index contributed by atoms with van der Waals surface area (Å²) in [6.45, 7) is 1.88. The smallest absolute Gasteiger partial charge is 0.243 e. The van der Waals surface area contributed by atoms with Crippen LogP contribution in [0.15, 0.2) is 29.2 Å². The van der Waals surface area contributed by atoms with Crippen LogP contribution in [0.4, 0.5) is 0 Å². The van der Waals surface area contributed by atoms with E-state index in [1.54, 1.807) is 39.2 Å². The van der Waals surface area contributed by atoms with Gasteiger partial charge in [-0.3, -0.25) is 4.79 Å².